The summed E-state index contributed by atoms with van der Waals surface area (Å²) in [5.74, 6) is -0.378. The monoisotopic (exact) mass is 303 g/mol. The molecule has 0 saturated heterocycles. The molecule has 1 aromatic heterocycles. The number of nitrogens with one attached hydrogen (secondary N) is 3. The Morgan fingerprint density at radius 1 is 1.14 bits per heavy atom. The summed E-state index contributed by atoms with van der Waals surface area (Å²) in [6.45, 7) is 0.568. The second-order valence-corrected chi connectivity index (χ2v) is 5.40. The van der Waals surface area contributed by atoms with Crippen molar-refractivity contribution in [1.29, 1.82) is 0 Å². The number of thiophene rings is 1. The second kappa shape index (κ2) is 7.56. The van der Waals surface area contributed by atoms with E-state index < -0.39 is 12.1 Å². The minimum atomic E-state index is -0.578. The molecule has 3 N–H and O–H groups in total. The zero-order chi connectivity index (χ0) is 15.1. The van der Waals surface area contributed by atoms with Crippen LogP contribution in [-0.4, -0.2) is 19.0 Å². The Balaban J connectivity index is 2.10. The van der Waals surface area contributed by atoms with Crippen LogP contribution in [0.1, 0.15) is 16.5 Å². The lowest BCUT2D eigenvalue weighted by atomic mass is 10.1. The molecule has 0 radical (unpaired) electrons. The first-order chi connectivity index (χ1) is 10.2. The van der Waals surface area contributed by atoms with Crippen LogP contribution in [0.2, 0.25) is 0 Å². The van der Waals surface area contributed by atoms with Crippen LogP contribution in [0.5, 0.6) is 0 Å². The maximum absolute atomic E-state index is 12.2. The Hall–Kier alpha value is -2.18. The summed E-state index contributed by atoms with van der Waals surface area (Å²) in [5, 5.41) is 9.86. The zero-order valence-electron chi connectivity index (χ0n) is 11.6. The van der Waals surface area contributed by atoms with Crippen molar-refractivity contribution in [2.24, 2.45) is 0 Å². The quantitative estimate of drug-likeness (QED) is 0.791. The first-order valence-corrected chi connectivity index (χ1v) is 7.42. The number of benzene rings is 1. The number of amides is 3. The summed E-state index contributed by atoms with van der Waals surface area (Å²) in [6.07, 6.45) is 0. The number of carbonyl (C=O) groups excluding carboxylic acids is 2. The van der Waals surface area contributed by atoms with Gasteiger partial charge in [-0.15, -0.1) is 11.3 Å². The van der Waals surface area contributed by atoms with Crippen molar-refractivity contribution in [2.45, 2.75) is 12.6 Å². The Bertz CT molecular complexity index is 584. The van der Waals surface area contributed by atoms with E-state index >= 15 is 0 Å². The van der Waals surface area contributed by atoms with Crippen LogP contribution in [0, 0.1) is 0 Å². The molecule has 5 nitrogen and oxygen atoms in total. The van der Waals surface area contributed by atoms with Crippen LogP contribution >= 0.6 is 11.3 Å². The van der Waals surface area contributed by atoms with Gasteiger partial charge >= 0.3 is 6.03 Å². The van der Waals surface area contributed by atoms with Crippen molar-refractivity contribution >= 4 is 23.3 Å². The summed E-state index contributed by atoms with van der Waals surface area (Å²) in [4.78, 5) is 24.7. The van der Waals surface area contributed by atoms with E-state index in [0.717, 1.165) is 10.4 Å². The van der Waals surface area contributed by atoms with Crippen LogP contribution in [-0.2, 0) is 11.3 Å². The Labute approximate surface area is 127 Å². The van der Waals surface area contributed by atoms with Crippen LogP contribution in [0.4, 0.5) is 4.79 Å². The Morgan fingerprint density at radius 2 is 1.90 bits per heavy atom. The van der Waals surface area contributed by atoms with E-state index in [4.69, 9.17) is 0 Å². The number of hydrogen-bond donors (Lipinski definition) is 3. The van der Waals surface area contributed by atoms with Gasteiger partial charge in [-0.25, -0.2) is 4.79 Å². The van der Waals surface area contributed by atoms with E-state index in [1.54, 1.807) is 11.3 Å². The lowest BCUT2D eigenvalue weighted by Crippen LogP contribution is -2.43. The molecule has 0 unspecified atom stereocenters. The average Bonchev–Trinajstić information content (AvgIpc) is 3.01. The molecule has 2 rings (SSSR count). The number of urea groups is 1. The van der Waals surface area contributed by atoms with Crippen molar-refractivity contribution in [3.05, 3.63) is 58.3 Å². The first kappa shape index (κ1) is 15.2. The van der Waals surface area contributed by atoms with Gasteiger partial charge in [-0.1, -0.05) is 36.4 Å². The number of hydrogen-bond acceptors (Lipinski definition) is 4. The van der Waals surface area contributed by atoms with Crippen LogP contribution < -0.4 is 16.0 Å². The van der Waals surface area contributed by atoms with Gasteiger partial charge in [-0.2, -0.15) is 0 Å². The number of carbonyl (C=O) groups is 2. The summed E-state index contributed by atoms with van der Waals surface area (Å²) in [7, 11) is 1.47. The molecule has 1 aromatic carbocycles. The maximum Gasteiger partial charge on any atom is 0.321 e. The van der Waals surface area contributed by atoms with Gasteiger partial charge < -0.3 is 5.32 Å². The highest BCUT2D eigenvalue weighted by molar-refractivity contribution is 7.09. The average molecular weight is 303 g/mol. The van der Waals surface area contributed by atoms with Gasteiger partial charge in [0.2, 0.25) is 5.91 Å². The second-order valence-electron chi connectivity index (χ2n) is 4.37. The highest BCUT2D eigenvalue weighted by atomic mass is 32.1. The number of rotatable bonds is 5. The van der Waals surface area contributed by atoms with Gasteiger partial charge in [-0.3, -0.25) is 15.4 Å². The van der Waals surface area contributed by atoms with Crippen LogP contribution in [0.15, 0.2) is 47.8 Å². The molecule has 0 fully saturated rings. The van der Waals surface area contributed by atoms with Crippen molar-refractivity contribution in [3.63, 3.8) is 0 Å². The topological polar surface area (TPSA) is 70.2 Å². The molecule has 3 amide bonds. The van der Waals surface area contributed by atoms with Gasteiger partial charge in [0, 0.05) is 18.5 Å². The lowest BCUT2D eigenvalue weighted by Gasteiger charge is -2.18. The number of imide groups is 1. The third-order valence-corrected chi connectivity index (χ3v) is 3.80. The molecule has 6 heteroatoms. The molecule has 21 heavy (non-hydrogen) atoms. The minimum absolute atomic E-state index is 0.378. The summed E-state index contributed by atoms with van der Waals surface area (Å²) < 4.78 is 0. The van der Waals surface area contributed by atoms with E-state index in [2.05, 4.69) is 16.0 Å². The fourth-order valence-electron chi connectivity index (χ4n) is 1.87. The molecule has 0 spiro atoms. The van der Waals surface area contributed by atoms with Gasteiger partial charge in [0.05, 0.1) is 0 Å². The smallest absolute Gasteiger partial charge is 0.321 e. The molecule has 110 valence electrons. The molecule has 0 bridgehead atoms. The Morgan fingerprint density at radius 3 is 2.52 bits per heavy atom. The summed E-state index contributed by atoms with van der Waals surface area (Å²) in [6, 6.07) is 12.2. The van der Waals surface area contributed by atoms with Gasteiger partial charge in [0.1, 0.15) is 6.04 Å². The highest BCUT2D eigenvalue weighted by Crippen LogP contribution is 2.15. The summed E-state index contributed by atoms with van der Waals surface area (Å²) in [5.41, 5.74) is 0.815. The Kier molecular flexibility index (Phi) is 5.48. The molecule has 0 aliphatic heterocycles. The largest absolute Gasteiger partial charge is 0.341 e. The van der Waals surface area contributed by atoms with Gasteiger partial charge in [-0.05, 0) is 17.0 Å². The van der Waals surface area contributed by atoms with E-state index in [1.807, 2.05) is 47.8 Å². The van der Waals surface area contributed by atoms with E-state index in [0.29, 0.717) is 6.54 Å². The molecule has 1 heterocycles. The summed E-state index contributed by atoms with van der Waals surface area (Å²) >= 11 is 1.62. The van der Waals surface area contributed by atoms with Crippen molar-refractivity contribution in [2.75, 3.05) is 7.05 Å². The fourth-order valence-corrected chi connectivity index (χ4v) is 2.53. The maximum atomic E-state index is 12.2. The van der Waals surface area contributed by atoms with E-state index in [1.165, 1.54) is 7.05 Å². The van der Waals surface area contributed by atoms with Crippen LogP contribution in [0.3, 0.4) is 0 Å². The van der Waals surface area contributed by atoms with Crippen molar-refractivity contribution < 1.29 is 9.59 Å². The van der Waals surface area contributed by atoms with E-state index in [-0.39, 0.29) is 5.91 Å². The molecule has 1 atom stereocenters. The minimum Gasteiger partial charge on any atom is -0.341 e. The molecular formula is C15H17N3O2S. The van der Waals surface area contributed by atoms with E-state index in [9.17, 15) is 9.59 Å². The third-order valence-electron chi connectivity index (χ3n) is 2.92. The van der Waals surface area contributed by atoms with Gasteiger partial charge in [0.25, 0.3) is 0 Å². The first-order valence-electron chi connectivity index (χ1n) is 6.54. The van der Waals surface area contributed by atoms with Crippen LogP contribution in [0.25, 0.3) is 0 Å². The predicted molar refractivity (Wildman–Crippen MR) is 82.9 cm³/mol. The standard InChI is InChI=1S/C15H17N3O2S/c1-16-15(20)18-14(19)13(11-6-3-2-4-7-11)17-10-12-8-5-9-21-12/h2-9,13,17H,10H2,1H3,(H2,16,18,19,20)/t13-/m1/s1. The zero-order valence-corrected chi connectivity index (χ0v) is 12.4. The molecule has 2 aromatic rings. The van der Waals surface area contributed by atoms with Gasteiger partial charge in [0.15, 0.2) is 0 Å². The highest BCUT2D eigenvalue weighted by Gasteiger charge is 2.21. The fraction of sp³-hybridized carbons (Fsp3) is 0.200. The third kappa shape index (κ3) is 4.40. The lowest BCUT2D eigenvalue weighted by molar-refractivity contribution is -0.122. The SMILES string of the molecule is CNC(=O)NC(=O)[C@H](NCc1cccs1)c1ccccc1. The van der Waals surface area contributed by atoms with Crippen molar-refractivity contribution in [1.82, 2.24) is 16.0 Å². The molecule has 0 aliphatic rings. The predicted octanol–water partition coefficient (Wildman–Crippen LogP) is 2.03. The normalized spacial score (nSPS) is 11.7. The molecule has 0 aliphatic carbocycles. The molecule has 0 saturated carbocycles. The molecular weight excluding hydrogens is 286 g/mol. The van der Waals surface area contributed by atoms with Crippen molar-refractivity contribution in [3.8, 4) is 0 Å².